The molecule has 1 saturated heterocycles. The van der Waals surface area contributed by atoms with Gasteiger partial charge < -0.3 is 10.0 Å². The van der Waals surface area contributed by atoms with Crippen molar-refractivity contribution in [2.45, 2.75) is 12.6 Å². The van der Waals surface area contributed by atoms with E-state index in [1.807, 2.05) is 36.7 Å². The summed E-state index contributed by atoms with van der Waals surface area (Å²) in [6, 6.07) is 10.0. The number of anilines is 1. The Labute approximate surface area is 150 Å². The third-order valence-corrected chi connectivity index (χ3v) is 4.81. The molecule has 6 nitrogen and oxygen atoms in total. The third kappa shape index (κ3) is 2.55. The second-order valence-electron chi connectivity index (χ2n) is 6.59. The summed E-state index contributed by atoms with van der Waals surface area (Å²) in [5, 5.41) is 9.52. The molecule has 5 rings (SSSR count). The maximum atomic E-state index is 9.52. The predicted octanol–water partition coefficient (Wildman–Crippen LogP) is 2.07. The van der Waals surface area contributed by atoms with Gasteiger partial charge in [-0.25, -0.2) is 4.98 Å². The average molecular weight is 343 g/mol. The number of β-amino-alcohol motifs (C(OH)–C–C–N with tert-alkyl or cyclic N) is 1. The van der Waals surface area contributed by atoms with E-state index in [9.17, 15) is 5.11 Å². The number of fused-ring (bicyclic) bond motifs is 1. The molecule has 0 atom stereocenters. The first-order valence-electron chi connectivity index (χ1n) is 8.61. The minimum absolute atomic E-state index is 0.252. The fourth-order valence-electron chi connectivity index (χ4n) is 3.38. The second kappa shape index (κ2) is 6.00. The van der Waals surface area contributed by atoms with Crippen LogP contribution in [-0.4, -0.2) is 45.0 Å². The van der Waals surface area contributed by atoms with Crippen molar-refractivity contribution >= 4 is 11.5 Å². The van der Waals surface area contributed by atoms with Gasteiger partial charge in [0.1, 0.15) is 5.82 Å². The molecule has 3 aromatic rings. The molecular formula is C20H17N5O. The lowest BCUT2D eigenvalue weighted by Gasteiger charge is -2.36. The highest BCUT2D eigenvalue weighted by Gasteiger charge is 2.26. The molecule has 5 heterocycles. The minimum Gasteiger partial charge on any atom is -0.389 e. The molecule has 0 aromatic carbocycles. The molecule has 6 heteroatoms. The molecule has 0 saturated carbocycles. The van der Waals surface area contributed by atoms with Gasteiger partial charge in [-0.15, -0.1) is 0 Å². The van der Waals surface area contributed by atoms with Crippen molar-refractivity contribution in [2.75, 3.05) is 18.0 Å². The van der Waals surface area contributed by atoms with Crippen LogP contribution in [0.25, 0.3) is 11.3 Å². The Hall–Kier alpha value is -3.12. The first-order chi connectivity index (χ1) is 12.8. The standard InChI is InChI=1S/C20H17N5O/c26-16-11-25(12-16)19-6-13(3-5-22-19)20-17-7-18(14-2-1-4-21-8-14)23-9-15(17)10-24-20/h1-9,16,26H,10-12H2. The van der Waals surface area contributed by atoms with Gasteiger partial charge in [0.05, 0.1) is 24.1 Å². The Bertz CT molecular complexity index is 996. The van der Waals surface area contributed by atoms with Crippen LogP contribution in [0.3, 0.4) is 0 Å². The minimum atomic E-state index is -0.252. The van der Waals surface area contributed by atoms with Gasteiger partial charge in [0.15, 0.2) is 0 Å². The van der Waals surface area contributed by atoms with Gasteiger partial charge in [0.2, 0.25) is 0 Å². The van der Waals surface area contributed by atoms with Crippen molar-refractivity contribution in [3.63, 3.8) is 0 Å². The van der Waals surface area contributed by atoms with Gasteiger partial charge in [-0.05, 0) is 30.3 Å². The lowest BCUT2D eigenvalue weighted by molar-refractivity contribution is 0.141. The Kier molecular flexibility index (Phi) is 3.50. The highest BCUT2D eigenvalue weighted by atomic mass is 16.3. The SMILES string of the molecule is OC1CN(c2cc(C3=NCc4cnc(-c5cccnc5)cc43)ccn2)C1. The van der Waals surface area contributed by atoms with Crippen LogP contribution in [-0.2, 0) is 6.54 Å². The number of nitrogens with zero attached hydrogens (tertiary/aromatic N) is 5. The van der Waals surface area contributed by atoms with E-state index in [0.29, 0.717) is 19.6 Å². The Morgan fingerprint density at radius 3 is 2.73 bits per heavy atom. The molecule has 26 heavy (non-hydrogen) atoms. The number of aliphatic hydroxyl groups excluding tert-OH is 1. The van der Waals surface area contributed by atoms with Crippen LogP contribution in [0.5, 0.6) is 0 Å². The largest absolute Gasteiger partial charge is 0.389 e. The molecule has 0 radical (unpaired) electrons. The van der Waals surface area contributed by atoms with E-state index >= 15 is 0 Å². The van der Waals surface area contributed by atoms with Gasteiger partial charge in [-0.1, -0.05) is 0 Å². The van der Waals surface area contributed by atoms with E-state index in [-0.39, 0.29) is 6.10 Å². The highest BCUT2D eigenvalue weighted by Crippen LogP contribution is 2.28. The van der Waals surface area contributed by atoms with E-state index in [2.05, 4.69) is 25.9 Å². The van der Waals surface area contributed by atoms with Gasteiger partial charge >= 0.3 is 0 Å². The molecule has 128 valence electrons. The van der Waals surface area contributed by atoms with E-state index in [1.165, 1.54) is 0 Å². The van der Waals surface area contributed by atoms with Crippen LogP contribution < -0.4 is 4.90 Å². The molecular weight excluding hydrogens is 326 g/mol. The summed E-state index contributed by atoms with van der Waals surface area (Å²) in [5.74, 6) is 0.880. The van der Waals surface area contributed by atoms with E-state index < -0.39 is 0 Å². The van der Waals surface area contributed by atoms with Crippen LogP contribution in [0, 0.1) is 0 Å². The zero-order chi connectivity index (χ0) is 17.5. The molecule has 0 unspecified atom stereocenters. The number of aliphatic imine (C=N–C) groups is 1. The van der Waals surface area contributed by atoms with Crippen molar-refractivity contribution in [1.29, 1.82) is 0 Å². The van der Waals surface area contributed by atoms with Crippen molar-refractivity contribution in [3.05, 3.63) is 71.8 Å². The molecule has 2 aliphatic heterocycles. The molecule has 3 aromatic heterocycles. The van der Waals surface area contributed by atoms with Crippen molar-refractivity contribution in [2.24, 2.45) is 4.99 Å². The smallest absolute Gasteiger partial charge is 0.129 e. The quantitative estimate of drug-likeness (QED) is 0.788. The van der Waals surface area contributed by atoms with E-state index in [1.54, 1.807) is 12.4 Å². The zero-order valence-corrected chi connectivity index (χ0v) is 14.1. The second-order valence-corrected chi connectivity index (χ2v) is 6.59. The number of aromatic nitrogens is 3. The van der Waals surface area contributed by atoms with Crippen LogP contribution in [0.1, 0.15) is 16.7 Å². The lowest BCUT2D eigenvalue weighted by Crippen LogP contribution is -2.51. The van der Waals surface area contributed by atoms with Gasteiger partial charge in [-0.2, -0.15) is 0 Å². The Morgan fingerprint density at radius 2 is 1.92 bits per heavy atom. The lowest BCUT2D eigenvalue weighted by atomic mass is 10.00. The van der Waals surface area contributed by atoms with Gasteiger partial charge in [0, 0.05) is 60.1 Å². The van der Waals surface area contributed by atoms with Crippen LogP contribution >= 0.6 is 0 Å². The third-order valence-electron chi connectivity index (χ3n) is 4.81. The Morgan fingerprint density at radius 1 is 1.00 bits per heavy atom. The predicted molar refractivity (Wildman–Crippen MR) is 99.3 cm³/mol. The monoisotopic (exact) mass is 343 g/mol. The van der Waals surface area contributed by atoms with Gasteiger partial charge in [-0.3, -0.25) is 15.0 Å². The van der Waals surface area contributed by atoms with E-state index in [0.717, 1.165) is 39.5 Å². The number of hydrogen-bond donors (Lipinski definition) is 1. The summed E-state index contributed by atoms with van der Waals surface area (Å²) in [4.78, 5) is 20.0. The molecule has 0 amide bonds. The topological polar surface area (TPSA) is 74.5 Å². The van der Waals surface area contributed by atoms with Crippen LogP contribution in [0.2, 0.25) is 0 Å². The normalized spacial score (nSPS) is 16.2. The fourth-order valence-corrected chi connectivity index (χ4v) is 3.38. The molecule has 0 spiro atoms. The van der Waals surface area contributed by atoms with Crippen LogP contribution in [0.15, 0.2) is 60.1 Å². The van der Waals surface area contributed by atoms with Crippen LogP contribution in [0.4, 0.5) is 5.82 Å². The molecule has 0 bridgehead atoms. The van der Waals surface area contributed by atoms with Gasteiger partial charge in [0.25, 0.3) is 0 Å². The number of rotatable bonds is 3. The summed E-state index contributed by atoms with van der Waals surface area (Å²) in [6.07, 6.45) is 7.04. The Balaban J connectivity index is 1.51. The average Bonchev–Trinajstić information content (AvgIpc) is 3.09. The zero-order valence-electron chi connectivity index (χ0n) is 14.1. The molecule has 0 aliphatic carbocycles. The summed E-state index contributed by atoms with van der Waals surface area (Å²) in [7, 11) is 0. The summed E-state index contributed by atoms with van der Waals surface area (Å²) >= 11 is 0. The van der Waals surface area contributed by atoms with Crippen molar-refractivity contribution in [1.82, 2.24) is 15.0 Å². The summed E-state index contributed by atoms with van der Waals surface area (Å²) in [6.45, 7) is 1.91. The number of hydrogen-bond acceptors (Lipinski definition) is 6. The summed E-state index contributed by atoms with van der Waals surface area (Å²) < 4.78 is 0. The maximum Gasteiger partial charge on any atom is 0.129 e. The number of pyridine rings is 3. The fraction of sp³-hybridized carbons (Fsp3) is 0.200. The van der Waals surface area contributed by atoms with Crippen molar-refractivity contribution < 1.29 is 5.11 Å². The number of aliphatic hydroxyl groups is 1. The summed E-state index contributed by atoms with van der Waals surface area (Å²) in [5.41, 5.74) is 6.14. The highest BCUT2D eigenvalue weighted by molar-refractivity contribution is 6.15. The maximum absolute atomic E-state index is 9.52. The first-order valence-corrected chi connectivity index (χ1v) is 8.61. The molecule has 1 N–H and O–H groups in total. The van der Waals surface area contributed by atoms with Crippen molar-refractivity contribution in [3.8, 4) is 11.3 Å². The first kappa shape index (κ1) is 15.2. The molecule has 2 aliphatic rings. The van der Waals surface area contributed by atoms with E-state index in [4.69, 9.17) is 4.99 Å². The molecule has 1 fully saturated rings.